The van der Waals surface area contributed by atoms with Gasteiger partial charge in [0.05, 0.1) is 18.4 Å². The summed E-state index contributed by atoms with van der Waals surface area (Å²) in [6.07, 6.45) is -0.121. The Bertz CT molecular complexity index is 406. The van der Waals surface area contributed by atoms with Crippen molar-refractivity contribution in [3.8, 4) is 5.75 Å². The largest absolute Gasteiger partial charge is 0.494 e. The molecule has 0 spiro atoms. The van der Waals surface area contributed by atoms with Gasteiger partial charge in [0.25, 0.3) is 0 Å². The number of carbonyl (C=O) groups is 2. The van der Waals surface area contributed by atoms with Gasteiger partial charge in [0.15, 0.2) is 5.78 Å². The van der Waals surface area contributed by atoms with E-state index in [-0.39, 0.29) is 23.4 Å². The van der Waals surface area contributed by atoms with Gasteiger partial charge < -0.3 is 10.1 Å². The zero-order valence-electron chi connectivity index (χ0n) is 9.53. The quantitative estimate of drug-likeness (QED) is 0.648. The van der Waals surface area contributed by atoms with Gasteiger partial charge in [-0.05, 0) is 19.1 Å². The molecule has 92 valence electrons. The highest BCUT2D eigenvalue weighted by Crippen LogP contribution is 2.17. The number of benzene rings is 1. The van der Waals surface area contributed by atoms with Crippen molar-refractivity contribution in [2.75, 3.05) is 17.3 Å². The van der Waals surface area contributed by atoms with Crippen LogP contribution >= 0.6 is 15.9 Å². The third-order valence-corrected chi connectivity index (χ3v) is 2.56. The first-order valence-corrected chi connectivity index (χ1v) is 6.38. The summed E-state index contributed by atoms with van der Waals surface area (Å²) in [6, 6.07) is 7.06. The topological polar surface area (TPSA) is 55.4 Å². The van der Waals surface area contributed by atoms with Crippen molar-refractivity contribution < 1.29 is 14.3 Å². The highest BCUT2D eigenvalue weighted by atomic mass is 79.9. The van der Waals surface area contributed by atoms with Crippen LogP contribution in [0.5, 0.6) is 5.75 Å². The van der Waals surface area contributed by atoms with E-state index in [2.05, 4.69) is 21.2 Å². The van der Waals surface area contributed by atoms with E-state index < -0.39 is 0 Å². The average molecular weight is 300 g/mol. The van der Waals surface area contributed by atoms with E-state index in [1.54, 1.807) is 18.2 Å². The van der Waals surface area contributed by atoms with E-state index >= 15 is 0 Å². The number of halogens is 1. The summed E-state index contributed by atoms with van der Waals surface area (Å²) in [5.74, 6) is 0.226. The Kier molecular flexibility index (Phi) is 5.69. The number of nitrogens with one attached hydrogen (secondary N) is 1. The molecule has 1 aromatic carbocycles. The molecule has 0 aliphatic carbocycles. The van der Waals surface area contributed by atoms with E-state index in [1.807, 2.05) is 13.0 Å². The monoisotopic (exact) mass is 299 g/mol. The Morgan fingerprint density at radius 2 is 2.18 bits per heavy atom. The molecule has 1 N–H and O–H groups in total. The number of alkyl halides is 1. The predicted molar refractivity (Wildman–Crippen MR) is 69.7 cm³/mol. The molecule has 1 rings (SSSR count). The zero-order chi connectivity index (χ0) is 12.7. The molecule has 0 atom stereocenters. The van der Waals surface area contributed by atoms with Gasteiger partial charge in [0.2, 0.25) is 5.91 Å². The molecule has 0 radical (unpaired) electrons. The van der Waals surface area contributed by atoms with Crippen molar-refractivity contribution in [2.24, 2.45) is 0 Å². The van der Waals surface area contributed by atoms with E-state index in [9.17, 15) is 9.59 Å². The van der Waals surface area contributed by atoms with Crippen LogP contribution in [0, 0.1) is 0 Å². The standard InChI is InChI=1S/C12H14BrNO3/c1-2-17-11-5-3-4-9(6-11)14-12(16)7-10(15)8-13/h3-6H,2,7-8H2,1H3,(H,14,16). The summed E-state index contributed by atoms with van der Waals surface area (Å²) in [5, 5.41) is 2.84. The average Bonchev–Trinajstić information content (AvgIpc) is 2.29. The molecule has 0 heterocycles. The second-order valence-corrected chi connectivity index (χ2v) is 3.92. The minimum absolute atomic E-state index is 0.121. The molecule has 0 saturated carbocycles. The number of Topliss-reactive ketones (excluding diaryl/α,β-unsaturated/α-hetero) is 1. The lowest BCUT2D eigenvalue weighted by Gasteiger charge is -2.07. The van der Waals surface area contributed by atoms with Gasteiger partial charge in [-0.3, -0.25) is 9.59 Å². The van der Waals surface area contributed by atoms with Gasteiger partial charge in [-0.15, -0.1) is 0 Å². The molecular weight excluding hydrogens is 286 g/mol. The third kappa shape index (κ3) is 4.99. The van der Waals surface area contributed by atoms with Crippen molar-refractivity contribution in [3.05, 3.63) is 24.3 Å². The second kappa shape index (κ2) is 7.06. The maximum absolute atomic E-state index is 11.5. The maximum Gasteiger partial charge on any atom is 0.231 e. The van der Waals surface area contributed by atoms with Crippen LogP contribution in [-0.2, 0) is 9.59 Å². The van der Waals surface area contributed by atoms with Crippen molar-refractivity contribution in [1.82, 2.24) is 0 Å². The van der Waals surface area contributed by atoms with Crippen molar-refractivity contribution in [3.63, 3.8) is 0 Å². The number of ketones is 1. The summed E-state index contributed by atoms with van der Waals surface area (Å²) >= 11 is 3.01. The van der Waals surface area contributed by atoms with Gasteiger partial charge >= 0.3 is 0 Å². The van der Waals surface area contributed by atoms with Gasteiger partial charge in [-0.25, -0.2) is 0 Å². The molecule has 1 aromatic rings. The molecule has 17 heavy (non-hydrogen) atoms. The molecule has 4 nitrogen and oxygen atoms in total. The van der Waals surface area contributed by atoms with Crippen molar-refractivity contribution >= 4 is 33.3 Å². The number of ether oxygens (including phenoxy) is 1. The smallest absolute Gasteiger partial charge is 0.231 e. The molecule has 0 bridgehead atoms. The lowest BCUT2D eigenvalue weighted by Crippen LogP contribution is -2.16. The fourth-order valence-electron chi connectivity index (χ4n) is 1.26. The van der Waals surface area contributed by atoms with Gasteiger partial charge in [0.1, 0.15) is 5.75 Å². The Morgan fingerprint density at radius 1 is 1.41 bits per heavy atom. The first kappa shape index (κ1) is 13.7. The second-order valence-electron chi connectivity index (χ2n) is 3.36. The highest BCUT2D eigenvalue weighted by Gasteiger charge is 2.08. The van der Waals surface area contributed by atoms with E-state index in [0.717, 1.165) is 0 Å². The van der Waals surface area contributed by atoms with Crippen LogP contribution < -0.4 is 10.1 Å². The van der Waals surface area contributed by atoms with Crippen molar-refractivity contribution in [2.45, 2.75) is 13.3 Å². The SMILES string of the molecule is CCOc1cccc(NC(=O)CC(=O)CBr)c1. The summed E-state index contributed by atoms with van der Waals surface area (Å²) in [7, 11) is 0. The predicted octanol–water partition coefficient (Wildman–Crippen LogP) is 2.38. The Hall–Kier alpha value is -1.36. The van der Waals surface area contributed by atoms with E-state index in [4.69, 9.17) is 4.74 Å². The van der Waals surface area contributed by atoms with Crippen LogP contribution in [0.1, 0.15) is 13.3 Å². The van der Waals surface area contributed by atoms with Crippen LogP contribution in [0.15, 0.2) is 24.3 Å². The molecule has 1 amide bonds. The number of hydrogen-bond acceptors (Lipinski definition) is 3. The number of rotatable bonds is 6. The fraction of sp³-hybridized carbons (Fsp3) is 0.333. The van der Waals surface area contributed by atoms with Crippen LogP contribution in [0.4, 0.5) is 5.69 Å². The van der Waals surface area contributed by atoms with Crippen LogP contribution in [-0.4, -0.2) is 23.6 Å². The molecule has 0 aliphatic rings. The first-order chi connectivity index (χ1) is 8.15. The summed E-state index contributed by atoms with van der Waals surface area (Å²) in [4.78, 5) is 22.5. The molecular formula is C12H14BrNO3. The molecule has 0 unspecified atom stereocenters. The van der Waals surface area contributed by atoms with Crippen LogP contribution in [0.25, 0.3) is 0 Å². The number of carbonyl (C=O) groups excluding carboxylic acids is 2. The summed E-state index contributed by atoms with van der Waals surface area (Å²) < 4.78 is 5.30. The first-order valence-electron chi connectivity index (χ1n) is 5.26. The minimum atomic E-state index is -0.317. The highest BCUT2D eigenvalue weighted by molar-refractivity contribution is 9.09. The Labute approximate surface area is 108 Å². The van der Waals surface area contributed by atoms with Crippen LogP contribution in [0.2, 0.25) is 0 Å². The van der Waals surface area contributed by atoms with Gasteiger partial charge in [0, 0.05) is 11.8 Å². The molecule has 0 aromatic heterocycles. The lowest BCUT2D eigenvalue weighted by atomic mass is 10.2. The summed E-state index contributed by atoms with van der Waals surface area (Å²) in [5.41, 5.74) is 0.628. The summed E-state index contributed by atoms with van der Waals surface area (Å²) in [6.45, 7) is 2.46. The third-order valence-electron chi connectivity index (χ3n) is 1.94. The van der Waals surface area contributed by atoms with Gasteiger partial charge in [-0.1, -0.05) is 22.0 Å². The number of hydrogen-bond donors (Lipinski definition) is 1. The minimum Gasteiger partial charge on any atom is -0.494 e. The Balaban J connectivity index is 2.58. The van der Waals surface area contributed by atoms with Crippen LogP contribution in [0.3, 0.4) is 0 Å². The molecule has 0 saturated heterocycles. The fourth-order valence-corrected chi connectivity index (χ4v) is 1.46. The molecule has 0 aliphatic heterocycles. The van der Waals surface area contributed by atoms with Crippen molar-refractivity contribution in [1.29, 1.82) is 0 Å². The van der Waals surface area contributed by atoms with E-state index in [1.165, 1.54) is 0 Å². The lowest BCUT2D eigenvalue weighted by molar-refractivity contribution is -0.123. The number of amides is 1. The van der Waals surface area contributed by atoms with Gasteiger partial charge in [-0.2, -0.15) is 0 Å². The van der Waals surface area contributed by atoms with E-state index in [0.29, 0.717) is 18.0 Å². The Morgan fingerprint density at radius 3 is 2.82 bits per heavy atom. The molecule has 0 fully saturated rings. The number of anilines is 1. The zero-order valence-corrected chi connectivity index (χ0v) is 11.1. The molecule has 5 heteroatoms. The normalized spacial score (nSPS) is 9.76. The maximum atomic E-state index is 11.5.